The van der Waals surface area contributed by atoms with Gasteiger partial charge in [0, 0.05) is 52.0 Å². The van der Waals surface area contributed by atoms with Gasteiger partial charge in [-0.05, 0) is 39.3 Å². The molecule has 2 aliphatic heterocycles. The third kappa shape index (κ3) is 3.92. The van der Waals surface area contributed by atoms with E-state index in [2.05, 4.69) is 22.0 Å². The van der Waals surface area contributed by atoms with Crippen LogP contribution in [-0.2, 0) is 4.74 Å². The summed E-state index contributed by atoms with van der Waals surface area (Å²) in [5.41, 5.74) is 0. The second-order valence-corrected chi connectivity index (χ2v) is 5.73. The molecule has 1 N–H and O–H groups in total. The molecule has 0 aromatic heterocycles. The highest BCUT2D eigenvalue weighted by Crippen LogP contribution is 2.22. The SMILES string of the molecule is COCCCNCC(C)N1CCN2CCCC2C1. The molecule has 0 aromatic rings. The summed E-state index contributed by atoms with van der Waals surface area (Å²) >= 11 is 0. The molecular formula is C14H29N3O. The lowest BCUT2D eigenvalue weighted by molar-refractivity contribution is 0.0767. The maximum absolute atomic E-state index is 5.06. The van der Waals surface area contributed by atoms with Crippen molar-refractivity contribution >= 4 is 0 Å². The van der Waals surface area contributed by atoms with Crippen LogP contribution in [0.25, 0.3) is 0 Å². The number of rotatable bonds is 7. The molecule has 2 saturated heterocycles. The molecule has 0 aliphatic carbocycles. The van der Waals surface area contributed by atoms with Crippen molar-refractivity contribution < 1.29 is 4.74 Å². The van der Waals surface area contributed by atoms with E-state index in [1.54, 1.807) is 7.11 Å². The van der Waals surface area contributed by atoms with Gasteiger partial charge in [-0.15, -0.1) is 0 Å². The Labute approximate surface area is 112 Å². The molecular weight excluding hydrogens is 226 g/mol. The van der Waals surface area contributed by atoms with Gasteiger partial charge in [0.2, 0.25) is 0 Å². The lowest BCUT2D eigenvalue weighted by atomic mass is 10.1. The van der Waals surface area contributed by atoms with Gasteiger partial charge in [0.1, 0.15) is 0 Å². The van der Waals surface area contributed by atoms with Crippen molar-refractivity contribution in [2.45, 2.75) is 38.3 Å². The molecule has 0 spiro atoms. The van der Waals surface area contributed by atoms with Gasteiger partial charge < -0.3 is 10.1 Å². The molecule has 2 fully saturated rings. The van der Waals surface area contributed by atoms with Crippen molar-refractivity contribution in [1.29, 1.82) is 0 Å². The largest absolute Gasteiger partial charge is 0.385 e. The fourth-order valence-corrected chi connectivity index (χ4v) is 3.20. The average molecular weight is 255 g/mol. The summed E-state index contributed by atoms with van der Waals surface area (Å²) in [6, 6.07) is 1.50. The Morgan fingerprint density at radius 1 is 1.33 bits per heavy atom. The summed E-state index contributed by atoms with van der Waals surface area (Å²) in [5, 5.41) is 3.54. The van der Waals surface area contributed by atoms with Gasteiger partial charge in [-0.1, -0.05) is 0 Å². The van der Waals surface area contributed by atoms with Crippen LogP contribution in [0.5, 0.6) is 0 Å². The van der Waals surface area contributed by atoms with Gasteiger partial charge in [-0.25, -0.2) is 0 Å². The third-order valence-electron chi connectivity index (χ3n) is 4.38. The monoisotopic (exact) mass is 255 g/mol. The molecule has 0 radical (unpaired) electrons. The van der Waals surface area contributed by atoms with E-state index in [4.69, 9.17) is 4.74 Å². The van der Waals surface area contributed by atoms with Gasteiger partial charge in [-0.2, -0.15) is 0 Å². The van der Waals surface area contributed by atoms with Crippen molar-refractivity contribution in [3.8, 4) is 0 Å². The minimum absolute atomic E-state index is 0.662. The Balaban J connectivity index is 1.61. The Morgan fingerprint density at radius 2 is 2.22 bits per heavy atom. The van der Waals surface area contributed by atoms with E-state index in [-0.39, 0.29) is 0 Å². The molecule has 0 saturated carbocycles. The fourth-order valence-electron chi connectivity index (χ4n) is 3.20. The maximum Gasteiger partial charge on any atom is 0.0474 e. The van der Waals surface area contributed by atoms with E-state index in [0.717, 1.165) is 32.2 Å². The molecule has 0 amide bonds. The predicted molar refractivity (Wildman–Crippen MR) is 75.0 cm³/mol. The highest BCUT2D eigenvalue weighted by atomic mass is 16.5. The number of hydrogen-bond donors (Lipinski definition) is 1. The maximum atomic E-state index is 5.06. The lowest BCUT2D eigenvalue weighted by Gasteiger charge is -2.40. The molecule has 2 atom stereocenters. The first-order valence-electron chi connectivity index (χ1n) is 7.49. The number of ether oxygens (including phenoxy) is 1. The Hall–Kier alpha value is -0.160. The molecule has 2 aliphatic rings. The fraction of sp³-hybridized carbons (Fsp3) is 1.00. The molecule has 2 rings (SSSR count). The summed E-state index contributed by atoms with van der Waals surface area (Å²) in [7, 11) is 1.77. The van der Waals surface area contributed by atoms with Gasteiger partial charge in [0.15, 0.2) is 0 Å². The van der Waals surface area contributed by atoms with E-state index < -0.39 is 0 Å². The van der Waals surface area contributed by atoms with Crippen LogP contribution in [-0.4, -0.2) is 74.9 Å². The molecule has 106 valence electrons. The topological polar surface area (TPSA) is 27.7 Å². The average Bonchev–Trinajstić information content (AvgIpc) is 2.85. The standard InChI is InChI=1S/C14H29N3O/c1-13(11-15-6-4-10-18-2)17-9-8-16-7-3-5-14(16)12-17/h13-15H,3-12H2,1-2H3. The number of nitrogens with zero attached hydrogens (tertiary/aromatic N) is 2. The molecule has 4 nitrogen and oxygen atoms in total. The molecule has 2 heterocycles. The third-order valence-corrected chi connectivity index (χ3v) is 4.38. The summed E-state index contributed by atoms with van der Waals surface area (Å²) in [5.74, 6) is 0. The van der Waals surface area contributed by atoms with E-state index in [9.17, 15) is 0 Å². The highest BCUT2D eigenvalue weighted by molar-refractivity contribution is 4.88. The van der Waals surface area contributed by atoms with Gasteiger partial charge >= 0.3 is 0 Å². The Kier molecular flexibility index (Phi) is 5.89. The number of hydrogen-bond acceptors (Lipinski definition) is 4. The molecule has 0 aromatic carbocycles. The number of nitrogens with one attached hydrogen (secondary N) is 1. The zero-order valence-corrected chi connectivity index (χ0v) is 12.0. The van der Waals surface area contributed by atoms with E-state index in [1.807, 2.05) is 0 Å². The number of methoxy groups -OCH3 is 1. The van der Waals surface area contributed by atoms with E-state index in [0.29, 0.717) is 6.04 Å². The van der Waals surface area contributed by atoms with Crippen molar-refractivity contribution in [2.75, 3.05) is 53.0 Å². The minimum Gasteiger partial charge on any atom is -0.385 e. The number of piperazine rings is 1. The second kappa shape index (κ2) is 7.43. The zero-order valence-electron chi connectivity index (χ0n) is 12.0. The van der Waals surface area contributed by atoms with E-state index >= 15 is 0 Å². The van der Waals surface area contributed by atoms with Crippen LogP contribution in [0.3, 0.4) is 0 Å². The van der Waals surface area contributed by atoms with Crippen LogP contribution in [0, 0.1) is 0 Å². The number of fused-ring (bicyclic) bond motifs is 1. The van der Waals surface area contributed by atoms with Crippen LogP contribution in [0.2, 0.25) is 0 Å². The van der Waals surface area contributed by atoms with Crippen molar-refractivity contribution in [2.24, 2.45) is 0 Å². The zero-order chi connectivity index (χ0) is 12.8. The van der Waals surface area contributed by atoms with Gasteiger partial charge in [-0.3, -0.25) is 9.80 Å². The first kappa shape index (κ1) is 14.3. The first-order valence-corrected chi connectivity index (χ1v) is 7.49. The van der Waals surface area contributed by atoms with Gasteiger partial charge in [0.25, 0.3) is 0 Å². The lowest BCUT2D eigenvalue weighted by Crippen LogP contribution is -2.54. The molecule has 0 bridgehead atoms. The van der Waals surface area contributed by atoms with Crippen LogP contribution in [0.15, 0.2) is 0 Å². The molecule has 18 heavy (non-hydrogen) atoms. The summed E-state index contributed by atoms with van der Waals surface area (Å²) in [4.78, 5) is 5.34. The summed E-state index contributed by atoms with van der Waals surface area (Å²) in [6.07, 6.45) is 3.92. The molecule has 2 unspecified atom stereocenters. The smallest absolute Gasteiger partial charge is 0.0474 e. The van der Waals surface area contributed by atoms with Crippen molar-refractivity contribution in [3.05, 3.63) is 0 Å². The Morgan fingerprint density at radius 3 is 3.06 bits per heavy atom. The normalized spacial score (nSPS) is 27.3. The summed E-state index contributed by atoms with van der Waals surface area (Å²) in [6.45, 7) is 10.5. The predicted octanol–water partition coefficient (Wildman–Crippen LogP) is 0.781. The Bertz CT molecular complexity index is 237. The van der Waals surface area contributed by atoms with E-state index in [1.165, 1.54) is 39.0 Å². The summed E-state index contributed by atoms with van der Waals surface area (Å²) < 4.78 is 5.06. The van der Waals surface area contributed by atoms with Crippen LogP contribution in [0.1, 0.15) is 26.2 Å². The van der Waals surface area contributed by atoms with Crippen LogP contribution >= 0.6 is 0 Å². The van der Waals surface area contributed by atoms with Gasteiger partial charge in [0.05, 0.1) is 0 Å². The minimum atomic E-state index is 0.662. The second-order valence-electron chi connectivity index (χ2n) is 5.73. The first-order chi connectivity index (χ1) is 8.81. The van der Waals surface area contributed by atoms with Crippen molar-refractivity contribution in [3.63, 3.8) is 0 Å². The highest BCUT2D eigenvalue weighted by Gasteiger charge is 2.31. The van der Waals surface area contributed by atoms with Crippen molar-refractivity contribution in [1.82, 2.24) is 15.1 Å². The quantitative estimate of drug-likeness (QED) is 0.681. The molecule has 4 heteroatoms. The van der Waals surface area contributed by atoms with Crippen LogP contribution in [0.4, 0.5) is 0 Å². The van der Waals surface area contributed by atoms with Crippen LogP contribution < -0.4 is 5.32 Å².